The summed E-state index contributed by atoms with van der Waals surface area (Å²) in [6, 6.07) is 0. The van der Waals surface area contributed by atoms with Crippen LogP contribution in [0.2, 0.25) is 0 Å². The first-order valence-corrected chi connectivity index (χ1v) is 13.0. The largest absolute Gasteiger partial charge is 0.469 e. The van der Waals surface area contributed by atoms with Crippen LogP contribution in [-0.2, 0) is 42.9 Å². The fraction of sp³-hybridized carbons (Fsp3) is 0.852. The van der Waals surface area contributed by atoms with Crippen molar-refractivity contribution in [1.29, 1.82) is 0 Å². The SMILES string of the molecule is COC(=O)[C@@H]1CCC2[C@@]3(C)CCCC(C)(C)C3[C@@H](OC(C)=O)C[C@@]23C1C(OC(C)=O)O[C@H]3OC(C)=O. The van der Waals surface area contributed by atoms with Crippen LogP contribution in [0.15, 0.2) is 0 Å². The Morgan fingerprint density at radius 2 is 1.50 bits per heavy atom. The van der Waals surface area contributed by atoms with E-state index in [0.717, 1.165) is 19.3 Å². The summed E-state index contributed by atoms with van der Waals surface area (Å²) in [6.07, 6.45) is 1.89. The van der Waals surface area contributed by atoms with Crippen LogP contribution in [0, 0.1) is 39.9 Å². The molecule has 4 aliphatic rings. The average molecular weight is 509 g/mol. The molecule has 1 aliphatic heterocycles. The van der Waals surface area contributed by atoms with Crippen molar-refractivity contribution in [3.63, 3.8) is 0 Å². The van der Waals surface area contributed by atoms with Crippen molar-refractivity contribution in [3.05, 3.63) is 0 Å². The van der Waals surface area contributed by atoms with Gasteiger partial charge in [0.1, 0.15) is 6.10 Å². The molecule has 3 aliphatic carbocycles. The summed E-state index contributed by atoms with van der Waals surface area (Å²) in [7, 11) is 1.34. The van der Waals surface area contributed by atoms with Crippen LogP contribution in [0.25, 0.3) is 0 Å². The molecule has 0 bridgehead atoms. The van der Waals surface area contributed by atoms with Gasteiger partial charge in [-0.3, -0.25) is 19.2 Å². The molecule has 1 heterocycles. The van der Waals surface area contributed by atoms with Crippen molar-refractivity contribution < 1.29 is 42.9 Å². The standard InChI is InChI=1S/C27H40O9/c1-14(28)33-18-13-27-19(26(6)12-8-11-25(4,5)21(18)26)10-9-17(22(31)32-7)20(27)23(34-15(2)29)36-24(27)35-16(3)30/h17-21,23-24H,8-13H2,1-7H3/t17-,18+,19?,20?,21?,23?,24-,26-,27+/m1/s1. The number of carbonyl (C=O) groups excluding carboxylic acids is 4. The van der Waals surface area contributed by atoms with Crippen LogP contribution in [0.4, 0.5) is 0 Å². The Hall–Kier alpha value is -2.16. The molecular weight excluding hydrogens is 468 g/mol. The van der Waals surface area contributed by atoms with E-state index in [0.29, 0.717) is 19.3 Å². The van der Waals surface area contributed by atoms with Crippen LogP contribution in [0.3, 0.4) is 0 Å². The second kappa shape index (κ2) is 9.30. The smallest absolute Gasteiger partial charge is 0.309 e. The number of ether oxygens (including phenoxy) is 5. The highest BCUT2D eigenvalue weighted by atomic mass is 16.8. The summed E-state index contributed by atoms with van der Waals surface area (Å²) in [5, 5.41) is 0. The third kappa shape index (κ3) is 4.11. The van der Waals surface area contributed by atoms with Gasteiger partial charge in [-0.2, -0.15) is 0 Å². The fourth-order valence-electron chi connectivity index (χ4n) is 9.02. The predicted octanol–water partition coefficient (Wildman–Crippen LogP) is 3.76. The van der Waals surface area contributed by atoms with Gasteiger partial charge in [0, 0.05) is 38.0 Å². The maximum Gasteiger partial charge on any atom is 0.309 e. The number of methoxy groups -OCH3 is 1. The number of hydrogen-bond donors (Lipinski definition) is 0. The van der Waals surface area contributed by atoms with E-state index in [9.17, 15) is 19.2 Å². The normalized spacial score (nSPS) is 42.7. The Kier molecular flexibility index (Phi) is 6.94. The van der Waals surface area contributed by atoms with Crippen molar-refractivity contribution in [3.8, 4) is 0 Å². The van der Waals surface area contributed by atoms with Gasteiger partial charge in [0.2, 0.25) is 12.6 Å². The van der Waals surface area contributed by atoms with Crippen LogP contribution >= 0.6 is 0 Å². The Morgan fingerprint density at radius 3 is 2.08 bits per heavy atom. The van der Waals surface area contributed by atoms with E-state index in [1.807, 2.05) is 0 Å². The first kappa shape index (κ1) is 26.9. The number of fused-ring (bicyclic) bond motifs is 2. The first-order valence-electron chi connectivity index (χ1n) is 13.0. The molecule has 202 valence electrons. The summed E-state index contributed by atoms with van der Waals surface area (Å²) in [4.78, 5) is 49.8. The average Bonchev–Trinajstić information content (AvgIpc) is 3.02. The lowest BCUT2D eigenvalue weighted by Crippen LogP contribution is -2.67. The molecule has 1 saturated heterocycles. The molecule has 4 unspecified atom stereocenters. The summed E-state index contributed by atoms with van der Waals surface area (Å²) < 4.78 is 28.8. The molecule has 9 atom stereocenters. The number of rotatable bonds is 4. The van der Waals surface area contributed by atoms with E-state index in [-0.39, 0.29) is 28.6 Å². The van der Waals surface area contributed by atoms with Crippen LogP contribution in [0.5, 0.6) is 0 Å². The van der Waals surface area contributed by atoms with Gasteiger partial charge in [-0.25, -0.2) is 0 Å². The van der Waals surface area contributed by atoms with Gasteiger partial charge >= 0.3 is 23.9 Å². The zero-order chi connectivity index (χ0) is 26.6. The van der Waals surface area contributed by atoms with E-state index in [2.05, 4.69) is 20.8 Å². The van der Waals surface area contributed by atoms with Gasteiger partial charge < -0.3 is 23.7 Å². The molecule has 3 saturated carbocycles. The molecule has 0 amide bonds. The highest BCUT2D eigenvalue weighted by Gasteiger charge is 2.75. The summed E-state index contributed by atoms with van der Waals surface area (Å²) >= 11 is 0. The molecule has 0 aromatic carbocycles. The third-order valence-corrected chi connectivity index (χ3v) is 9.65. The van der Waals surface area contributed by atoms with Crippen LogP contribution < -0.4 is 0 Å². The maximum absolute atomic E-state index is 13.1. The van der Waals surface area contributed by atoms with Gasteiger partial charge in [-0.1, -0.05) is 27.2 Å². The molecule has 4 rings (SSSR count). The quantitative estimate of drug-likeness (QED) is 0.413. The van der Waals surface area contributed by atoms with Gasteiger partial charge in [0.25, 0.3) is 0 Å². The number of carbonyl (C=O) groups is 4. The monoisotopic (exact) mass is 508 g/mol. The Morgan fingerprint density at radius 1 is 0.861 bits per heavy atom. The zero-order valence-corrected chi connectivity index (χ0v) is 22.5. The number of esters is 4. The van der Waals surface area contributed by atoms with Crippen molar-refractivity contribution in [2.75, 3.05) is 7.11 Å². The lowest BCUT2D eigenvalue weighted by molar-refractivity contribution is -0.268. The minimum atomic E-state index is -1.09. The van der Waals surface area contributed by atoms with E-state index in [1.165, 1.54) is 27.9 Å². The van der Waals surface area contributed by atoms with Gasteiger partial charge in [0.15, 0.2) is 0 Å². The molecule has 0 aromatic heterocycles. The van der Waals surface area contributed by atoms with E-state index < -0.39 is 53.8 Å². The highest BCUT2D eigenvalue weighted by molar-refractivity contribution is 5.73. The molecule has 0 radical (unpaired) electrons. The molecule has 1 spiro atoms. The summed E-state index contributed by atoms with van der Waals surface area (Å²) in [5.74, 6) is -3.06. The van der Waals surface area contributed by atoms with E-state index in [1.54, 1.807) is 0 Å². The van der Waals surface area contributed by atoms with Crippen molar-refractivity contribution in [1.82, 2.24) is 0 Å². The van der Waals surface area contributed by atoms with Crippen LogP contribution in [0.1, 0.15) is 80.1 Å². The molecule has 4 fully saturated rings. The van der Waals surface area contributed by atoms with Gasteiger partial charge in [0.05, 0.1) is 13.0 Å². The maximum atomic E-state index is 13.1. The zero-order valence-electron chi connectivity index (χ0n) is 22.5. The minimum Gasteiger partial charge on any atom is -0.469 e. The van der Waals surface area contributed by atoms with Crippen molar-refractivity contribution in [2.24, 2.45) is 39.9 Å². The molecule has 36 heavy (non-hydrogen) atoms. The predicted molar refractivity (Wildman–Crippen MR) is 126 cm³/mol. The van der Waals surface area contributed by atoms with Crippen LogP contribution in [-0.4, -0.2) is 49.7 Å². The molecule has 0 aromatic rings. The van der Waals surface area contributed by atoms with Crippen molar-refractivity contribution in [2.45, 2.75) is 98.8 Å². The van der Waals surface area contributed by atoms with Crippen molar-refractivity contribution >= 4 is 23.9 Å². The van der Waals surface area contributed by atoms with Gasteiger partial charge in [-0.05, 0) is 48.9 Å². The Bertz CT molecular complexity index is 928. The fourth-order valence-corrected chi connectivity index (χ4v) is 9.02. The third-order valence-electron chi connectivity index (χ3n) is 9.65. The summed E-state index contributed by atoms with van der Waals surface area (Å²) in [5.41, 5.74) is -1.27. The Balaban J connectivity index is 1.93. The second-order valence-corrected chi connectivity index (χ2v) is 12.1. The number of hydrogen-bond acceptors (Lipinski definition) is 9. The molecule has 9 nitrogen and oxygen atoms in total. The molecule has 0 N–H and O–H groups in total. The lowest BCUT2D eigenvalue weighted by atomic mass is 9.37. The molecular formula is C27H40O9. The first-order chi connectivity index (χ1) is 16.8. The highest BCUT2D eigenvalue weighted by Crippen LogP contribution is 2.73. The van der Waals surface area contributed by atoms with E-state index >= 15 is 0 Å². The van der Waals surface area contributed by atoms with E-state index in [4.69, 9.17) is 23.7 Å². The van der Waals surface area contributed by atoms with Gasteiger partial charge in [-0.15, -0.1) is 0 Å². The summed E-state index contributed by atoms with van der Waals surface area (Å²) in [6.45, 7) is 10.7. The topological polar surface area (TPSA) is 114 Å². The Labute approximate surface area is 212 Å². The second-order valence-electron chi connectivity index (χ2n) is 12.1. The minimum absolute atomic E-state index is 0.0165. The molecule has 9 heteroatoms. The lowest BCUT2D eigenvalue weighted by Gasteiger charge is -2.67.